The van der Waals surface area contributed by atoms with Crippen LogP contribution in [0.5, 0.6) is 0 Å². The number of carbonyl (C=O) groups is 1. The number of aromatic nitrogens is 3. The molecule has 0 radical (unpaired) electrons. The number of nitrogens with zero attached hydrogens (tertiary/aromatic N) is 3. The highest BCUT2D eigenvalue weighted by Gasteiger charge is 2.15. The van der Waals surface area contributed by atoms with Gasteiger partial charge < -0.3 is 0 Å². The number of aryl methyl sites for hydroxylation is 2. The highest BCUT2D eigenvalue weighted by molar-refractivity contribution is 7.16. The van der Waals surface area contributed by atoms with Crippen molar-refractivity contribution in [2.24, 2.45) is 7.05 Å². The van der Waals surface area contributed by atoms with Gasteiger partial charge >= 0.3 is 0 Å². The smallest absolute Gasteiger partial charge is 0.278 e. The molecular formula is C13H12N4OS2. The fourth-order valence-electron chi connectivity index (χ4n) is 1.86. The van der Waals surface area contributed by atoms with Crippen LogP contribution in [-0.4, -0.2) is 20.7 Å². The van der Waals surface area contributed by atoms with Crippen LogP contribution in [0.25, 0.3) is 10.6 Å². The van der Waals surface area contributed by atoms with E-state index in [2.05, 4.69) is 15.4 Å². The van der Waals surface area contributed by atoms with Crippen molar-refractivity contribution in [3.8, 4) is 10.6 Å². The van der Waals surface area contributed by atoms with Crippen LogP contribution in [0.4, 0.5) is 5.13 Å². The second-order valence-corrected chi connectivity index (χ2v) is 6.11. The molecule has 7 heteroatoms. The summed E-state index contributed by atoms with van der Waals surface area (Å²) >= 11 is 3.04. The number of thiazole rings is 1. The Hall–Kier alpha value is -1.99. The Kier molecular flexibility index (Phi) is 3.37. The van der Waals surface area contributed by atoms with Crippen molar-refractivity contribution in [2.45, 2.75) is 6.92 Å². The van der Waals surface area contributed by atoms with Crippen molar-refractivity contribution in [1.29, 1.82) is 0 Å². The maximum Gasteiger partial charge on any atom is 0.278 e. The van der Waals surface area contributed by atoms with Crippen LogP contribution in [0, 0.1) is 6.92 Å². The van der Waals surface area contributed by atoms with Crippen LogP contribution in [0.1, 0.15) is 16.1 Å². The quantitative estimate of drug-likeness (QED) is 0.808. The summed E-state index contributed by atoms with van der Waals surface area (Å²) in [7, 11) is 1.79. The summed E-state index contributed by atoms with van der Waals surface area (Å²) in [6.07, 6.45) is 1.81. The second-order valence-electron chi connectivity index (χ2n) is 4.30. The first-order valence-electron chi connectivity index (χ1n) is 5.94. The number of thiophene rings is 1. The number of rotatable bonds is 3. The van der Waals surface area contributed by atoms with E-state index in [-0.39, 0.29) is 5.91 Å². The van der Waals surface area contributed by atoms with Gasteiger partial charge in [0.15, 0.2) is 10.8 Å². The fourth-order valence-corrected chi connectivity index (χ4v) is 3.32. The molecule has 0 bridgehead atoms. The zero-order chi connectivity index (χ0) is 14.1. The van der Waals surface area contributed by atoms with Gasteiger partial charge in [-0.25, -0.2) is 4.98 Å². The first kappa shape index (κ1) is 13.0. The van der Waals surface area contributed by atoms with Crippen molar-refractivity contribution < 1.29 is 4.79 Å². The summed E-state index contributed by atoms with van der Waals surface area (Å²) in [6, 6.07) is 3.99. The highest BCUT2D eigenvalue weighted by atomic mass is 32.1. The zero-order valence-corrected chi connectivity index (χ0v) is 12.6. The molecule has 3 rings (SSSR count). The summed E-state index contributed by atoms with van der Waals surface area (Å²) in [6.45, 7) is 1.86. The SMILES string of the molecule is Cc1cn(C)nc1C(=O)Nc1nc(-c2cccs2)cs1. The topological polar surface area (TPSA) is 59.8 Å². The van der Waals surface area contributed by atoms with Gasteiger partial charge in [-0.2, -0.15) is 5.10 Å². The molecule has 0 atom stereocenters. The van der Waals surface area contributed by atoms with E-state index < -0.39 is 0 Å². The van der Waals surface area contributed by atoms with Gasteiger partial charge in [-0.05, 0) is 18.4 Å². The summed E-state index contributed by atoms with van der Waals surface area (Å²) < 4.78 is 1.63. The molecule has 0 aliphatic rings. The minimum atomic E-state index is -0.227. The highest BCUT2D eigenvalue weighted by Crippen LogP contribution is 2.28. The summed E-state index contributed by atoms with van der Waals surface area (Å²) in [4.78, 5) is 17.6. The molecule has 0 unspecified atom stereocenters. The Bertz CT molecular complexity index is 742. The molecule has 0 saturated carbocycles. The number of anilines is 1. The van der Waals surface area contributed by atoms with E-state index in [0.717, 1.165) is 16.1 Å². The summed E-state index contributed by atoms with van der Waals surface area (Å²) in [5.41, 5.74) is 2.17. The second kappa shape index (κ2) is 5.18. The minimum Gasteiger partial charge on any atom is -0.296 e. The van der Waals surface area contributed by atoms with E-state index in [0.29, 0.717) is 10.8 Å². The van der Waals surface area contributed by atoms with Gasteiger partial charge in [0.1, 0.15) is 0 Å². The molecule has 3 aromatic heterocycles. The maximum absolute atomic E-state index is 12.1. The van der Waals surface area contributed by atoms with Crippen LogP contribution in [-0.2, 0) is 7.05 Å². The number of hydrogen-bond donors (Lipinski definition) is 1. The number of nitrogens with one attached hydrogen (secondary N) is 1. The molecule has 0 aliphatic carbocycles. The monoisotopic (exact) mass is 304 g/mol. The molecule has 3 heterocycles. The lowest BCUT2D eigenvalue weighted by Gasteiger charge is -1.98. The molecule has 0 fully saturated rings. The standard InChI is InChI=1S/C13H12N4OS2/c1-8-6-17(2)16-11(8)12(18)15-13-14-9(7-20-13)10-4-3-5-19-10/h3-7H,1-2H3,(H,14,15,18). The van der Waals surface area contributed by atoms with Crippen LogP contribution in [0.15, 0.2) is 29.1 Å². The molecule has 1 amide bonds. The van der Waals surface area contributed by atoms with Crippen molar-refractivity contribution in [3.05, 3.63) is 40.3 Å². The largest absolute Gasteiger partial charge is 0.296 e. The van der Waals surface area contributed by atoms with E-state index in [9.17, 15) is 4.79 Å². The van der Waals surface area contributed by atoms with Gasteiger partial charge in [0.05, 0.1) is 10.6 Å². The van der Waals surface area contributed by atoms with Crippen molar-refractivity contribution in [2.75, 3.05) is 5.32 Å². The van der Waals surface area contributed by atoms with Crippen LogP contribution in [0.2, 0.25) is 0 Å². The molecule has 0 spiro atoms. The van der Waals surface area contributed by atoms with Gasteiger partial charge in [0.25, 0.3) is 5.91 Å². The fraction of sp³-hybridized carbons (Fsp3) is 0.154. The van der Waals surface area contributed by atoms with Crippen molar-refractivity contribution in [1.82, 2.24) is 14.8 Å². The van der Waals surface area contributed by atoms with Gasteiger partial charge in [-0.15, -0.1) is 22.7 Å². The third-order valence-electron chi connectivity index (χ3n) is 2.73. The van der Waals surface area contributed by atoms with Crippen LogP contribution in [0.3, 0.4) is 0 Å². The van der Waals surface area contributed by atoms with Gasteiger partial charge in [-0.1, -0.05) is 6.07 Å². The minimum absolute atomic E-state index is 0.227. The predicted octanol–water partition coefficient (Wildman–Crippen LogP) is 3.17. The van der Waals surface area contributed by atoms with Crippen LogP contribution < -0.4 is 5.32 Å². The molecule has 1 N–H and O–H groups in total. The average molecular weight is 304 g/mol. The average Bonchev–Trinajstić information content (AvgIpc) is 3.09. The Morgan fingerprint density at radius 1 is 1.40 bits per heavy atom. The van der Waals surface area contributed by atoms with Crippen LogP contribution >= 0.6 is 22.7 Å². The van der Waals surface area contributed by atoms with Gasteiger partial charge in [-0.3, -0.25) is 14.8 Å². The lowest BCUT2D eigenvalue weighted by Crippen LogP contribution is -2.13. The number of hydrogen-bond acceptors (Lipinski definition) is 5. The third-order valence-corrected chi connectivity index (χ3v) is 4.38. The summed E-state index contributed by atoms with van der Waals surface area (Å²) in [5.74, 6) is -0.227. The molecular weight excluding hydrogens is 292 g/mol. The molecule has 0 aromatic carbocycles. The van der Waals surface area contributed by atoms with Crippen molar-refractivity contribution >= 4 is 33.7 Å². The molecule has 20 heavy (non-hydrogen) atoms. The third kappa shape index (κ3) is 2.50. The Balaban J connectivity index is 1.78. The normalized spacial score (nSPS) is 10.7. The Labute approximate surface area is 123 Å². The first-order valence-corrected chi connectivity index (χ1v) is 7.70. The number of amides is 1. The van der Waals surface area contributed by atoms with E-state index in [1.807, 2.05) is 36.0 Å². The van der Waals surface area contributed by atoms with Gasteiger partial charge in [0.2, 0.25) is 0 Å². The molecule has 5 nitrogen and oxygen atoms in total. The van der Waals surface area contributed by atoms with Crippen molar-refractivity contribution in [3.63, 3.8) is 0 Å². The number of carbonyl (C=O) groups excluding carboxylic acids is 1. The summed E-state index contributed by atoms with van der Waals surface area (Å²) in [5, 5.41) is 11.5. The van der Waals surface area contributed by atoms with E-state index in [4.69, 9.17) is 0 Å². The maximum atomic E-state index is 12.1. The molecule has 102 valence electrons. The lowest BCUT2D eigenvalue weighted by molar-refractivity contribution is 0.102. The lowest BCUT2D eigenvalue weighted by atomic mass is 10.3. The van der Waals surface area contributed by atoms with E-state index in [1.165, 1.54) is 11.3 Å². The zero-order valence-electron chi connectivity index (χ0n) is 11.0. The molecule has 0 saturated heterocycles. The van der Waals surface area contributed by atoms with E-state index in [1.54, 1.807) is 23.1 Å². The predicted molar refractivity (Wildman–Crippen MR) is 81.3 cm³/mol. The van der Waals surface area contributed by atoms with E-state index >= 15 is 0 Å². The first-order chi connectivity index (χ1) is 9.63. The molecule has 0 aliphatic heterocycles. The Morgan fingerprint density at radius 3 is 2.90 bits per heavy atom. The molecule has 3 aromatic rings. The van der Waals surface area contributed by atoms with Gasteiger partial charge in [0, 0.05) is 24.2 Å². The Morgan fingerprint density at radius 2 is 2.25 bits per heavy atom.